The molecule has 1 saturated heterocycles. The van der Waals surface area contributed by atoms with Crippen molar-refractivity contribution in [2.75, 3.05) is 31.1 Å². The van der Waals surface area contributed by atoms with E-state index in [1.807, 2.05) is 18.2 Å². The number of amides is 2. The fourth-order valence-electron chi connectivity index (χ4n) is 5.59. The van der Waals surface area contributed by atoms with E-state index in [1.54, 1.807) is 39.2 Å². The van der Waals surface area contributed by atoms with Crippen LogP contribution in [0.1, 0.15) is 55.3 Å². The van der Waals surface area contributed by atoms with E-state index in [2.05, 4.69) is 6.07 Å². The van der Waals surface area contributed by atoms with Gasteiger partial charge in [0.05, 0.1) is 17.4 Å². The fraction of sp³-hybridized carbons (Fsp3) is 0.462. The molecule has 2 aromatic rings. The van der Waals surface area contributed by atoms with Gasteiger partial charge in [-0.2, -0.15) is 4.31 Å². The van der Waals surface area contributed by atoms with Crippen LogP contribution in [-0.2, 0) is 32.5 Å². The summed E-state index contributed by atoms with van der Waals surface area (Å²) in [5, 5.41) is 0. The number of carbonyl (C=O) groups excluding carboxylic acids is 2. The van der Waals surface area contributed by atoms with E-state index in [9.17, 15) is 18.0 Å². The third-order valence-corrected chi connectivity index (χ3v) is 9.25. The molecule has 3 aliphatic rings. The molecule has 5 rings (SSSR count). The van der Waals surface area contributed by atoms with E-state index in [4.69, 9.17) is 0 Å². The van der Waals surface area contributed by atoms with Gasteiger partial charge in [-0.25, -0.2) is 8.42 Å². The van der Waals surface area contributed by atoms with Crippen LogP contribution < -0.4 is 4.90 Å². The van der Waals surface area contributed by atoms with Gasteiger partial charge in [-0.05, 0) is 67.0 Å². The third kappa shape index (κ3) is 4.14. The van der Waals surface area contributed by atoms with Gasteiger partial charge < -0.3 is 9.80 Å². The number of carbonyl (C=O) groups is 2. The van der Waals surface area contributed by atoms with Gasteiger partial charge in [-0.1, -0.05) is 24.3 Å². The highest BCUT2D eigenvalue weighted by Gasteiger charge is 2.34. The lowest BCUT2D eigenvalue weighted by Gasteiger charge is -2.38. The zero-order valence-corrected chi connectivity index (χ0v) is 20.4. The van der Waals surface area contributed by atoms with Crippen LogP contribution in [0.2, 0.25) is 0 Å². The zero-order valence-electron chi connectivity index (χ0n) is 19.6. The average Bonchev–Trinajstić information content (AvgIpc) is 3.39. The third-order valence-electron chi connectivity index (χ3n) is 7.36. The number of benzene rings is 2. The normalized spacial score (nSPS) is 20.7. The number of hydrogen-bond donors (Lipinski definition) is 0. The smallest absolute Gasteiger partial charge is 0.243 e. The molecule has 8 heteroatoms. The Morgan fingerprint density at radius 3 is 2.44 bits per heavy atom. The van der Waals surface area contributed by atoms with Gasteiger partial charge in [0.15, 0.2) is 0 Å². The Morgan fingerprint density at radius 2 is 1.68 bits per heavy atom. The van der Waals surface area contributed by atoms with Crippen molar-refractivity contribution in [3.8, 4) is 0 Å². The first-order chi connectivity index (χ1) is 16.4. The van der Waals surface area contributed by atoms with E-state index in [-0.39, 0.29) is 24.3 Å². The molecule has 0 bridgehead atoms. The molecule has 0 aliphatic carbocycles. The summed E-state index contributed by atoms with van der Waals surface area (Å²) in [4.78, 5) is 29.8. The molecule has 1 unspecified atom stereocenters. The summed E-state index contributed by atoms with van der Waals surface area (Å²) < 4.78 is 27.6. The second-order valence-corrected chi connectivity index (χ2v) is 11.4. The molecule has 34 heavy (non-hydrogen) atoms. The Bertz CT molecular complexity index is 1220. The maximum atomic E-state index is 13.6. The van der Waals surface area contributed by atoms with Crippen molar-refractivity contribution >= 4 is 27.5 Å². The van der Waals surface area contributed by atoms with E-state index < -0.39 is 10.0 Å². The SMILES string of the molecule is CC(=O)N1CCc2ccccc2C1CC(=O)N1CCCc2cc(S(=O)(=O)N3CCCC3)ccc21. The van der Waals surface area contributed by atoms with Crippen LogP contribution in [0, 0.1) is 0 Å². The van der Waals surface area contributed by atoms with E-state index >= 15 is 0 Å². The first-order valence-electron chi connectivity index (χ1n) is 12.1. The van der Waals surface area contributed by atoms with Crippen molar-refractivity contribution in [3.05, 3.63) is 59.2 Å². The minimum Gasteiger partial charge on any atom is -0.335 e. The summed E-state index contributed by atoms with van der Waals surface area (Å²) in [7, 11) is -3.50. The van der Waals surface area contributed by atoms with Crippen molar-refractivity contribution in [2.45, 2.75) is 56.4 Å². The highest BCUT2D eigenvalue weighted by atomic mass is 32.2. The lowest BCUT2D eigenvalue weighted by atomic mass is 9.90. The van der Waals surface area contributed by atoms with E-state index in [0.717, 1.165) is 48.9 Å². The van der Waals surface area contributed by atoms with Crippen molar-refractivity contribution in [3.63, 3.8) is 0 Å². The summed E-state index contributed by atoms with van der Waals surface area (Å²) in [5.41, 5.74) is 3.91. The predicted octanol–water partition coefficient (Wildman–Crippen LogP) is 3.29. The van der Waals surface area contributed by atoms with Gasteiger partial charge in [0, 0.05) is 38.8 Å². The number of aryl methyl sites for hydroxylation is 1. The first-order valence-corrected chi connectivity index (χ1v) is 13.6. The predicted molar refractivity (Wildman–Crippen MR) is 130 cm³/mol. The van der Waals surface area contributed by atoms with Crippen LogP contribution in [0.25, 0.3) is 0 Å². The molecule has 1 atom stereocenters. The monoisotopic (exact) mass is 481 g/mol. The highest BCUT2D eigenvalue weighted by molar-refractivity contribution is 7.89. The molecule has 0 N–H and O–H groups in total. The van der Waals surface area contributed by atoms with Crippen LogP contribution >= 0.6 is 0 Å². The highest BCUT2D eigenvalue weighted by Crippen LogP contribution is 2.36. The van der Waals surface area contributed by atoms with Gasteiger partial charge in [-0.15, -0.1) is 0 Å². The second-order valence-electron chi connectivity index (χ2n) is 9.43. The minimum absolute atomic E-state index is 0.0249. The average molecular weight is 482 g/mol. The molecule has 1 fully saturated rings. The van der Waals surface area contributed by atoms with Crippen molar-refractivity contribution in [1.82, 2.24) is 9.21 Å². The second kappa shape index (κ2) is 9.15. The van der Waals surface area contributed by atoms with E-state index in [1.165, 1.54) is 5.56 Å². The molecule has 2 aromatic carbocycles. The summed E-state index contributed by atoms with van der Waals surface area (Å²) >= 11 is 0. The number of anilines is 1. The number of rotatable bonds is 4. The lowest BCUT2D eigenvalue weighted by molar-refractivity contribution is -0.133. The van der Waals surface area contributed by atoms with Gasteiger partial charge in [0.25, 0.3) is 0 Å². The van der Waals surface area contributed by atoms with Crippen molar-refractivity contribution < 1.29 is 18.0 Å². The van der Waals surface area contributed by atoms with Crippen LogP contribution in [0.4, 0.5) is 5.69 Å². The Kier molecular flexibility index (Phi) is 6.20. The number of nitrogens with zero attached hydrogens (tertiary/aromatic N) is 3. The molecule has 0 radical (unpaired) electrons. The molecule has 0 saturated carbocycles. The molecule has 180 valence electrons. The molecule has 2 amide bonds. The Morgan fingerprint density at radius 1 is 0.912 bits per heavy atom. The summed E-state index contributed by atoms with van der Waals surface area (Å²) in [5.74, 6) is -0.0628. The first kappa shape index (κ1) is 23.1. The molecule has 0 spiro atoms. The van der Waals surface area contributed by atoms with Crippen molar-refractivity contribution in [1.29, 1.82) is 0 Å². The Hall–Kier alpha value is -2.71. The van der Waals surface area contributed by atoms with Crippen LogP contribution in [0.15, 0.2) is 47.4 Å². The molecular formula is C26H31N3O4S. The number of fused-ring (bicyclic) bond motifs is 2. The zero-order chi connectivity index (χ0) is 23.9. The van der Waals surface area contributed by atoms with Gasteiger partial charge >= 0.3 is 0 Å². The van der Waals surface area contributed by atoms with E-state index in [0.29, 0.717) is 31.1 Å². The maximum Gasteiger partial charge on any atom is 0.243 e. The van der Waals surface area contributed by atoms with Crippen LogP contribution in [0.5, 0.6) is 0 Å². The summed E-state index contributed by atoms with van der Waals surface area (Å²) in [6.07, 6.45) is 4.32. The Labute approximate surface area is 201 Å². The minimum atomic E-state index is -3.50. The molecule has 0 aromatic heterocycles. The van der Waals surface area contributed by atoms with Crippen LogP contribution in [0.3, 0.4) is 0 Å². The topological polar surface area (TPSA) is 78.0 Å². The largest absolute Gasteiger partial charge is 0.335 e. The molecule has 3 aliphatic heterocycles. The van der Waals surface area contributed by atoms with Gasteiger partial charge in [-0.3, -0.25) is 9.59 Å². The lowest BCUT2D eigenvalue weighted by Crippen LogP contribution is -2.43. The quantitative estimate of drug-likeness (QED) is 0.672. The number of sulfonamides is 1. The standard InChI is InChI=1S/C26H31N3O4S/c1-19(30)28-16-12-20-7-2-3-9-23(20)25(28)18-26(31)29-15-6-8-21-17-22(10-11-24(21)29)34(32,33)27-13-4-5-14-27/h2-3,7,9-11,17,25H,4-6,8,12-16,18H2,1H3. The fourth-order valence-corrected chi connectivity index (χ4v) is 7.16. The van der Waals surface area contributed by atoms with Crippen molar-refractivity contribution in [2.24, 2.45) is 0 Å². The Balaban J connectivity index is 1.41. The van der Waals surface area contributed by atoms with Gasteiger partial charge in [0.2, 0.25) is 21.8 Å². The molecule has 7 nitrogen and oxygen atoms in total. The summed E-state index contributed by atoms with van der Waals surface area (Å²) in [6, 6.07) is 12.9. The van der Waals surface area contributed by atoms with Crippen LogP contribution in [-0.4, -0.2) is 55.6 Å². The summed E-state index contributed by atoms with van der Waals surface area (Å²) in [6.45, 7) is 3.90. The molecular weight excluding hydrogens is 450 g/mol. The number of hydrogen-bond acceptors (Lipinski definition) is 4. The molecule has 3 heterocycles. The maximum absolute atomic E-state index is 13.6. The van der Waals surface area contributed by atoms with Gasteiger partial charge in [0.1, 0.15) is 0 Å².